The van der Waals surface area contributed by atoms with E-state index in [2.05, 4.69) is 39.2 Å². The molecule has 0 spiro atoms. The monoisotopic (exact) mass is 328 g/mol. The third-order valence-electron chi connectivity index (χ3n) is 5.71. The zero-order chi connectivity index (χ0) is 16.5. The van der Waals surface area contributed by atoms with Crippen molar-refractivity contribution in [3.63, 3.8) is 0 Å². The standard InChI is InChI=1S/C19H28N4O/c1-14-17-11-16(24-2)3-4-18(17)21-19(14)13-22-7-9-23(10-8-22)15-5-6-20-12-15/h3-4,11,15,20-21H,5-10,12-13H2,1-2H3. The molecule has 2 aliphatic heterocycles. The molecule has 2 saturated heterocycles. The Morgan fingerprint density at radius 2 is 2.04 bits per heavy atom. The van der Waals surface area contributed by atoms with Gasteiger partial charge in [-0.15, -0.1) is 0 Å². The number of nitrogens with one attached hydrogen (secondary N) is 2. The fraction of sp³-hybridized carbons (Fsp3) is 0.579. The van der Waals surface area contributed by atoms with Gasteiger partial charge in [-0.1, -0.05) is 0 Å². The fourth-order valence-electron chi connectivity index (χ4n) is 4.11. The van der Waals surface area contributed by atoms with Crippen LogP contribution < -0.4 is 10.1 Å². The van der Waals surface area contributed by atoms with Crippen molar-refractivity contribution < 1.29 is 4.74 Å². The molecule has 1 aromatic carbocycles. The van der Waals surface area contributed by atoms with Crippen LogP contribution in [0.5, 0.6) is 5.75 Å². The summed E-state index contributed by atoms with van der Waals surface area (Å²) in [6.45, 7) is 10.3. The Balaban J connectivity index is 1.42. The molecule has 3 heterocycles. The zero-order valence-electron chi connectivity index (χ0n) is 14.8. The Morgan fingerprint density at radius 3 is 2.75 bits per heavy atom. The molecule has 1 unspecified atom stereocenters. The maximum Gasteiger partial charge on any atom is 0.119 e. The van der Waals surface area contributed by atoms with E-state index in [1.807, 2.05) is 6.07 Å². The van der Waals surface area contributed by atoms with E-state index in [0.29, 0.717) is 0 Å². The molecule has 0 bridgehead atoms. The van der Waals surface area contributed by atoms with E-state index in [4.69, 9.17) is 4.74 Å². The van der Waals surface area contributed by atoms with Crippen LogP contribution in [-0.2, 0) is 6.54 Å². The van der Waals surface area contributed by atoms with Crippen LogP contribution in [-0.4, -0.2) is 67.2 Å². The lowest BCUT2D eigenvalue weighted by molar-refractivity contribution is 0.0974. The maximum atomic E-state index is 5.36. The number of piperazine rings is 1. The Hall–Kier alpha value is -1.56. The number of benzene rings is 1. The highest BCUT2D eigenvalue weighted by atomic mass is 16.5. The maximum absolute atomic E-state index is 5.36. The summed E-state index contributed by atoms with van der Waals surface area (Å²) in [5, 5.41) is 4.76. The predicted molar refractivity (Wildman–Crippen MR) is 97.7 cm³/mol. The first-order valence-corrected chi connectivity index (χ1v) is 9.07. The van der Waals surface area contributed by atoms with E-state index in [1.54, 1.807) is 7.11 Å². The van der Waals surface area contributed by atoms with Crippen molar-refractivity contribution in [2.45, 2.75) is 25.9 Å². The number of nitrogens with zero attached hydrogens (tertiary/aromatic N) is 2. The molecule has 0 radical (unpaired) electrons. The smallest absolute Gasteiger partial charge is 0.119 e. The number of hydrogen-bond donors (Lipinski definition) is 2. The van der Waals surface area contributed by atoms with Gasteiger partial charge in [0.25, 0.3) is 0 Å². The predicted octanol–water partition coefficient (Wildman–Crippen LogP) is 1.96. The number of methoxy groups -OCH3 is 1. The van der Waals surface area contributed by atoms with Crippen LogP contribution in [0.4, 0.5) is 0 Å². The van der Waals surface area contributed by atoms with E-state index in [-0.39, 0.29) is 0 Å². The molecule has 2 fully saturated rings. The average Bonchev–Trinajstić information content (AvgIpc) is 3.25. The number of fused-ring (bicyclic) bond motifs is 1. The number of rotatable bonds is 4. The van der Waals surface area contributed by atoms with Gasteiger partial charge in [0.05, 0.1) is 7.11 Å². The molecule has 5 heteroatoms. The van der Waals surface area contributed by atoms with Crippen LogP contribution in [0.15, 0.2) is 18.2 Å². The van der Waals surface area contributed by atoms with Gasteiger partial charge in [0, 0.05) is 61.9 Å². The second-order valence-electron chi connectivity index (χ2n) is 7.10. The second-order valence-corrected chi connectivity index (χ2v) is 7.10. The molecule has 0 amide bonds. The van der Waals surface area contributed by atoms with Crippen molar-refractivity contribution in [1.29, 1.82) is 0 Å². The Bertz CT molecular complexity index is 697. The van der Waals surface area contributed by atoms with Crippen LogP contribution in [0.2, 0.25) is 0 Å². The average molecular weight is 328 g/mol. The van der Waals surface area contributed by atoms with Crippen molar-refractivity contribution in [2.24, 2.45) is 0 Å². The summed E-state index contributed by atoms with van der Waals surface area (Å²) < 4.78 is 5.36. The SMILES string of the molecule is COc1ccc2[nH]c(CN3CCN(C4CCNC4)CC3)c(C)c2c1. The highest BCUT2D eigenvalue weighted by Crippen LogP contribution is 2.27. The van der Waals surface area contributed by atoms with E-state index >= 15 is 0 Å². The third kappa shape index (κ3) is 3.04. The van der Waals surface area contributed by atoms with Gasteiger partial charge >= 0.3 is 0 Å². The number of aromatic nitrogens is 1. The van der Waals surface area contributed by atoms with Crippen LogP contribution in [0, 0.1) is 6.92 Å². The van der Waals surface area contributed by atoms with Gasteiger partial charge in [0.2, 0.25) is 0 Å². The van der Waals surface area contributed by atoms with Gasteiger partial charge in [-0.3, -0.25) is 9.80 Å². The van der Waals surface area contributed by atoms with E-state index < -0.39 is 0 Å². The van der Waals surface area contributed by atoms with Crippen LogP contribution in [0.3, 0.4) is 0 Å². The van der Waals surface area contributed by atoms with Gasteiger partial charge in [-0.2, -0.15) is 0 Å². The molecular formula is C19H28N4O. The molecule has 0 aliphatic carbocycles. The Morgan fingerprint density at radius 1 is 1.21 bits per heavy atom. The third-order valence-corrected chi connectivity index (χ3v) is 5.71. The highest BCUT2D eigenvalue weighted by Gasteiger charge is 2.26. The largest absolute Gasteiger partial charge is 0.497 e. The van der Waals surface area contributed by atoms with Crippen LogP contribution >= 0.6 is 0 Å². The number of aryl methyl sites for hydroxylation is 1. The molecule has 2 aliphatic rings. The molecule has 24 heavy (non-hydrogen) atoms. The summed E-state index contributed by atoms with van der Waals surface area (Å²) in [4.78, 5) is 8.85. The molecule has 130 valence electrons. The molecule has 4 rings (SSSR count). The Kier molecular flexibility index (Phi) is 4.48. The van der Waals surface area contributed by atoms with E-state index in [0.717, 1.165) is 31.4 Å². The van der Waals surface area contributed by atoms with Gasteiger partial charge in [-0.25, -0.2) is 0 Å². The summed E-state index contributed by atoms with van der Waals surface area (Å²) in [6.07, 6.45) is 1.31. The first kappa shape index (κ1) is 15.9. The van der Waals surface area contributed by atoms with Gasteiger partial charge < -0.3 is 15.0 Å². The number of H-pyrrole nitrogens is 1. The van der Waals surface area contributed by atoms with E-state index in [1.165, 1.54) is 54.8 Å². The number of hydrogen-bond acceptors (Lipinski definition) is 4. The summed E-state index contributed by atoms with van der Waals surface area (Å²) in [7, 11) is 1.73. The minimum absolute atomic E-state index is 0.759. The molecule has 0 saturated carbocycles. The van der Waals surface area contributed by atoms with Crippen molar-refractivity contribution in [3.8, 4) is 5.75 Å². The topological polar surface area (TPSA) is 43.5 Å². The lowest BCUT2D eigenvalue weighted by Gasteiger charge is -2.37. The molecule has 1 aromatic heterocycles. The quantitative estimate of drug-likeness (QED) is 0.901. The zero-order valence-corrected chi connectivity index (χ0v) is 14.8. The van der Waals surface area contributed by atoms with Gasteiger partial charge in [-0.05, 0) is 43.7 Å². The van der Waals surface area contributed by atoms with Crippen molar-refractivity contribution >= 4 is 10.9 Å². The summed E-state index contributed by atoms with van der Waals surface area (Å²) in [5.41, 5.74) is 3.90. The molecule has 5 nitrogen and oxygen atoms in total. The summed E-state index contributed by atoms with van der Waals surface area (Å²) >= 11 is 0. The first-order valence-electron chi connectivity index (χ1n) is 9.07. The first-order chi connectivity index (χ1) is 11.7. The number of ether oxygens (including phenoxy) is 1. The summed E-state index contributed by atoms with van der Waals surface area (Å²) in [5.74, 6) is 0.926. The Labute approximate surface area is 144 Å². The van der Waals surface area contributed by atoms with Crippen LogP contribution in [0.1, 0.15) is 17.7 Å². The fourth-order valence-corrected chi connectivity index (χ4v) is 4.11. The van der Waals surface area contributed by atoms with Crippen molar-refractivity contribution in [3.05, 3.63) is 29.5 Å². The lowest BCUT2D eigenvalue weighted by Crippen LogP contribution is -2.50. The minimum atomic E-state index is 0.759. The molecular weight excluding hydrogens is 300 g/mol. The normalized spacial score (nSPS) is 23.2. The van der Waals surface area contributed by atoms with Gasteiger partial charge in [0.15, 0.2) is 0 Å². The second kappa shape index (κ2) is 6.75. The van der Waals surface area contributed by atoms with E-state index in [9.17, 15) is 0 Å². The molecule has 2 N–H and O–H groups in total. The molecule has 2 aromatic rings. The highest BCUT2D eigenvalue weighted by molar-refractivity contribution is 5.85. The van der Waals surface area contributed by atoms with Crippen molar-refractivity contribution in [1.82, 2.24) is 20.1 Å². The summed E-state index contributed by atoms with van der Waals surface area (Å²) in [6, 6.07) is 7.04. The molecule has 1 atom stereocenters. The van der Waals surface area contributed by atoms with Crippen LogP contribution in [0.25, 0.3) is 10.9 Å². The van der Waals surface area contributed by atoms with Gasteiger partial charge in [0.1, 0.15) is 5.75 Å². The lowest BCUT2D eigenvalue weighted by atomic mass is 10.1. The number of aromatic amines is 1. The minimum Gasteiger partial charge on any atom is -0.497 e. The van der Waals surface area contributed by atoms with Crippen molar-refractivity contribution in [2.75, 3.05) is 46.4 Å².